The zero-order valence-corrected chi connectivity index (χ0v) is 23.0. The summed E-state index contributed by atoms with van der Waals surface area (Å²) in [6.07, 6.45) is 6.15. The average molecular weight is 537 g/mol. The summed E-state index contributed by atoms with van der Waals surface area (Å²) in [7, 11) is 0. The van der Waals surface area contributed by atoms with Crippen molar-refractivity contribution < 1.29 is 0 Å². The Morgan fingerprint density at radius 3 is 2.58 bits per heavy atom. The van der Waals surface area contributed by atoms with Crippen molar-refractivity contribution in [1.82, 2.24) is 20.5 Å². The third kappa shape index (κ3) is 4.78. The summed E-state index contributed by atoms with van der Waals surface area (Å²) < 4.78 is 0. The van der Waals surface area contributed by atoms with Gasteiger partial charge < -0.3 is 10.3 Å². The van der Waals surface area contributed by atoms with Gasteiger partial charge in [0.05, 0.1) is 16.9 Å². The quantitative estimate of drug-likeness (QED) is 0.179. The Morgan fingerprint density at radius 2 is 1.70 bits per heavy atom. The van der Waals surface area contributed by atoms with Crippen LogP contribution in [0.3, 0.4) is 0 Å². The fourth-order valence-corrected chi connectivity index (χ4v) is 6.20. The summed E-state index contributed by atoms with van der Waals surface area (Å²) in [6, 6.07) is 32.4. The number of aryl methyl sites for hydroxylation is 1. The summed E-state index contributed by atoms with van der Waals surface area (Å²) >= 11 is 1.81. The van der Waals surface area contributed by atoms with Gasteiger partial charge in [0.15, 0.2) is 0 Å². The molecule has 3 heterocycles. The average Bonchev–Trinajstić information content (AvgIpc) is 3.69. The van der Waals surface area contributed by atoms with Crippen molar-refractivity contribution in [2.75, 3.05) is 0 Å². The number of thiophene rings is 1. The van der Waals surface area contributed by atoms with Crippen LogP contribution in [-0.4, -0.2) is 15.2 Å². The van der Waals surface area contributed by atoms with Crippen LogP contribution in [0.15, 0.2) is 109 Å². The molecule has 0 bridgehead atoms. The van der Waals surface area contributed by atoms with Crippen molar-refractivity contribution in [3.05, 3.63) is 141 Å². The summed E-state index contributed by atoms with van der Waals surface area (Å²) in [5.41, 5.74) is 14.5. The van der Waals surface area contributed by atoms with E-state index in [1.54, 1.807) is 0 Å². The lowest BCUT2D eigenvalue weighted by molar-refractivity contribution is 0.693. The molecule has 0 atom stereocenters. The molecule has 1 aliphatic rings. The molecule has 5 heteroatoms. The summed E-state index contributed by atoms with van der Waals surface area (Å²) in [6.45, 7) is 3.81. The van der Waals surface area contributed by atoms with E-state index in [4.69, 9.17) is 5.10 Å². The Labute approximate surface area is 237 Å². The lowest BCUT2D eigenvalue weighted by Crippen LogP contribution is -2.12. The summed E-state index contributed by atoms with van der Waals surface area (Å²) in [5, 5.41) is 12.6. The molecule has 0 saturated heterocycles. The van der Waals surface area contributed by atoms with Crippen LogP contribution in [0.4, 0.5) is 0 Å². The topological polar surface area (TPSA) is 56.5 Å². The minimum absolute atomic E-state index is 0.817. The molecule has 0 aliphatic heterocycles. The minimum atomic E-state index is 0.817. The lowest BCUT2D eigenvalue weighted by atomic mass is 10.00. The second-order valence-corrected chi connectivity index (χ2v) is 11.4. The number of allylic oxidation sites excluding steroid dienone is 2. The molecule has 3 aromatic heterocycles. The zero-order chi connectivity index (χ0) is 26.9. The first-order valence-corrected chi connectivity index (χ1v) is 14.3. The van der Waals surface area contributed by atoms with E-state index in [1.807, 2.05) is 23.5 Å². The SMILES string of the molecule is Cc1ccc(C2=CC=C=Cc3[nH]c(-c4n[nH]c5ccc(-c6cccc(CNCc7ccccc7)c6)cc45)cc32)s1. The Hall–Kier alpha value is -4.67. The van der Waals surface area contributed by atoms with Crippen molar-refractivity contribution in [1.29, 1.82) is 0 Å². The van der Waals surface area contributed by atoms with Crippen molar-refractivity contribution in [2.24, 2.45) is 0 Å². The molecule has 0 saturated carbocycles. The summed E-state index contributed by atoms with van der Waals surface area (Å²) in [4.78, 5) is 6.17. The smallest absolute Gasteiger partial charge is 0.116 e. The number of benzene rings is 3. The van der Waals surface area contributed by atoms with E-state index < -0.39 is 0 Å². The van der Waals surface area contributed by atoms with E-state index in [-0.39, 0.29) is 0 Å². The van der Waals surface area contributed by atoms with E-state index in [0.29, 0.717) is 0 Å². The van der Waals surface area contributed by atoms with Crippen molar-refractivity contribution >= 4 is 33.9 Å². The third-order valence-electron chi connectivity index (χ3n) is 7.30. The number of nitrogens with one attached hydrogen (secondary N) is 3. The molecule has 0 amide bonds. The van der Waals surface area contributed by atoms with Gasteiger partial charge in [-0.1, -0.05) is 54.6 Å². The monoisotopic (exact) mass is 536 g/mol. The van der Waals surface area contributed by atoms with Crippen molar-refractivity contribution in [2.45, 2.75) is 20.0 Å². The van der Waals surface area contributed by atoms with Crippen LogP contribution >= 0.6 is 11.3 Å². The predicted octanol–water partition coefficient (Wildman–Crippen LogP) is 8.50. The second-order valence-electron chi connectivity index (χ2n) is 10.1. The van der Waals surface area contributed by atoms with E-state index >= 15 is 0 Å². The van der Waals surface area contributed by atoms with Gasteiger partial charge in [-0.25, -0.2) is 0 Å². The second kappa shape index (κ2) is 10.5. The Morgan fingerprint density at radius 1 is 0.850 bits per heavy atom. The number of fused-ring (bicyclic) bond motifs is 2. The highest BCUT2D eigenvalue weighted by Crippen LogP contribution is 2.37. The van der Waals surface area contributed by atoms with Crippen molar-refractivity contribution in [3.63, 3.8) is 0 Å². The van der Waals surface area contributed by atoms with Crippen LogP contribution in [0.2, 0.25) is 0 Å². The number of aromatic nitrogens is 3. The molecule has 0 spiro atoms. The van der Waals surface area contributed by atoms with E-state index in [2.05, 4.69) is 125 Å². The van der Waals surface area contributed by atoms with Crippen LogP contribution in [0.25, 0.3) is 45.1 Å². The van der Waals surface area contributed by atoms with Gasteiger partial charge in [-0.05, 0) is 77.7 Å². The molecule has 0 radical (unpaired) electrons. The van der Waals surface area contributed by atoms with E-state index in [9.17, 15) is 0 Å². The number of hydrogen-bond acceptors (Lipinski definition) is 3. The van der Waals surface area contributed by atoms with Crippen LogP contribution in [0, 0.1) is 6.92 Å². The molecule has 0 fully saturated rings. The largest absolute Gasteiger partial charge is 0.353 e. The standard InChI is InChI=1S/C35H28N4S/c1-23-14-17-34(40-23)28-12-5-6-13-31-29(28)20-33(37-31)35-30-19-27(15-16-32(30)38-39-35)26-11-7-10-25(18-26)22-36-21-24-8-3-2-4-9-24/h2-5,7-20,36-37H,21-22H2,1H3,(H,38,39). The number of aromatic amines is 2. The predicted molar refractivity (Wildman–Crippen MR) is 167 cm³/mol. The maximum absolute atomic E-state index is 4.73. The fourth-order valence-electron chi connectivity index (χ4n) is 5.29. The minimum Gasteiger partial charge on any atom is -0.353 e. The van der Waals surface area contributed by atoms with Gasteiger partial charge in [-0.2, -0.15) is 5.10 Å². The third-order valence-corrected chi connectivity index (χ3v) is 8.33. The molecule has 7 rings (SSSR count). The first kappa shape index (κ1) is 24.4. The van der Waals surface area contributed by atoms with Crippen molar-refractivity contribution in [3.8, 4) is 22.5 Å². The van der Waals surface area contributed by atoms with Gasteiger partial charge in [0.2, 0.25) is 0 Å². The van der Waals surface area contributed by atoms with Gasteiger partial charge in [0, 0.05) is 45.4 Å². The van der Waals surface area contributed by atoms with Gasteiger partial charge in [0.25, 0.3) is 0 Å². The zero-order valence-electron chi connectivity index (χ0n) is 22.2. The molecule has 40 heavy (non-hydrogen) atoms. The maximum Gasteiger partial charge on any atom is 0.116 e. The molecular weight excluding hydrogens is 508 g/mol. The Bertz CT molecular complexity index is 1930. The van der Waals surface area contributed by atoms with Gasteiger partial charge in [0.1, 0.15) is 5.69 Å². The van der Waals surface area contributed by atoms with Gasteiger partial charge in [-0.3, -0.25) is 5.10 Å². The molecule has 1 aliphatic carbocycles. The maximum atomic E-state index is 4.73. The van der Waals surface area contributed by atoms with Crippen LogP contribution in [0.1, 0.15) is 32.1 Å². The highest BCUT2D eigenvalue weighted by atomic mass is 32.1. The molecule has 3 aromatic carbocycles. The number of nitrogens with zero attached hydrogens (tertiary/aromatic N) is 1. The van der Waals surface area contributed by atoms with Crippen LogP contribution in [0.5, 0.6) is 0 Å². The molecule has 0 unspecified atom stereocenters. The fraction of sp³-hybridized carbons (Fsp3) is 0.0857. The van der Waals surface area contributed by atoms with Gasteiger partial charge in [-0.15, -0.1) is 17.1 Å². The molecule has 3 N–H and O–H groups in total. The first-order valence-electron chi connectivity index (χ1n) is 13.5. The highest BCUT2D eigenvalue weighted by molar-refractivity contribution is 7.13. The molecular formula is C35H28N4S. The summed E-state index contributed by atoms with van der Waals surface area (Å²) in [5.74, 6) is 0. The number of hydrogen-bond donors (Lipinski definition) is 3. The molecule has 6 aromatic rings. The number of rotatable bonds is 7. The van der Waals surface area contributed by atoms with Gasteiger partial charge >= 0.3 is 0 Å². The Kier molecular flexibility index (Phi) is 6.39. The Balaban J connectivity index is 1.19. The highest BCUT2D eigenvalue weighted by Gasteiger charge is 2.18. The lowest BCUT2D eigenvalue weighted by Gasteiger charge is -2.08. The molecule has 194 valence electrons. The van der Waals surface area contributed by atoms with E-state index in [0.717, 1.165) is 41.1 Å². The first-order chi connectivity index (χ1) is 19.7. The van der Waals surface area contributed by atoms with E-state index in [1.165, 1.54) is 43.1 Å². The van der Waals surface area contributed by atoms with Crippen LogP contribution < -0.4 is 5.32 Å². The normalized spacial score (nSPS) is 12.5. The molecule has 4 nitrogen and oxygen atoms in total. The number of H-pyrrole nitrogens is 2. The van der Waals surface area contributed by atoms with Crippen LogP contribution in [-0.2, 0) is 13.1 Å².